The van der Waals surface area contributed by atoms with Gasteiger partial charge in [0, 0.05) is 12.6 Å². The summed E-state index contributed by atoms with van der Waals surface area (Å²) < 4.78 is 0. The van der Waals surface area contributed by atoms with Crippen molar-refractivity contribution in [3.63, 3.8) is 0 Å². The van der Waals surface area contributed by atoms with Crippen molar-refractivity contribution in [2.75, 3.05) is 6.54 Å². The van der Waals surface area contributed by atoms with Crippen LogP contribution in [0.3, 0.4) is 0 Å². The van der Waals surface area contributed by atoms with Gasteiger partial charge in [0.2, 0.25) is 0 Å². The van der Waals surface area contributed by atoms with E-state index in [4.69, 9.17) is 0 Å². The second kappa shape index (κ2) is 7.90. The summed E-state index contributed by atoms with van der Waals surface area (Å²) in [7, 11) is 0. The molecule has 15 heavy (non-hydrogen) atoms. The average molecular weight is 214 g/mol. The van der Waals surface area contributed by atoms with Gasteiger partial charge in [-0.15, -0.1) is 0 Å². The first-order valence-electron chi connectivity index (χ1n) is 5.06. The maximum Gasteiger partial charge on any atom is 0.359 e. The molecule has 6 nitrogen and oxygen atoms in total. The molecule has 0 saturated carbocycles. The number of azo groups is 1. The summed E-state index contributed by atoms with van der Waals surface area (Å²) in [5.74, 6) is 0. The molecular weight excluding hydrogens is 196 g/mol. The number of carbonyl (C=O) groups is 2. The molecule has 0 heterocycles. The Bertz CT molecular complexity index is 238. The summed E-state index contributed by atoms with van der Waals surface area (Å²) in [4.78, 5) is 21.9. The highest BCUT2D eigenvalue weighted by molar-refractivity contribution is 5.79. The van der Waals surface area contributed by atoms with E-state index in [9.17, 15) is 9.59 Å². The topological polar surface area (TPSA) is 82.9 Å². The normalized spacial score (nSPS) is 10.7. The van der Waals surface area contributed by atoms with Crippen molar-refractivity contribution in [3.8, 4) is 0 Å². The SMILES string of the molecule is CCCCNC(=O)/N=N/C(=O)NC(C)C. The van der Waals surface area contributed by atoms with Gasteiger partial charge in [-0.1, -0.05) is 23.6 Å². The standard InChI is InChI=1S/C9H18N4O2/c1-4-5-6-10-8(14)12-13-9(15)11-7(2)3/h7H,4-6H2,1-3H3,(H,10,14)(H,11,15)/b13-12+. The summed E-state index contributed by atoms with van der Waals surface area (Å²) in [6.07, 6.45) is 1.88. The molecule has 0 bridgehead atoms. The number of hydrogen-bond acceptors (Lipinski definition) is 2. The van der Waals surface area contributed by atoms with Crippen LogP contribution < -0.4 is 10.6 Å². The number of hydrogen-bond donors (Lipinski definition) is 2. The van der Waals surface area contributed by atoms with Gasteiger partial charge in [-0.05, 0) is 20.3 Å². The van der Waals surface area contributed by atoms with Crippen molar-refractivity contribution in [3.05, 3.63) is 0 Å². The van der Waals surface area contributed by atoms with Crippen LogP contribution in [0.2, 0.25) is 0 Å². The molecule has 0 spiro atoms. The first-order valence-corrected chi connectivity index (χ1v) is 5.06. The number of nitrogens with one attached hydrogen (secondary N) is 2. The largest absolute Gasteiger partial charge is 0.359 e. The second-order valence-electron chi connectivity index (χ2n) is 3.39. The lowest BCUT2D eigenvalue weighted by atomic mass is 10.3. The first kappa shape index (κ1) is 13.5. The molecular formula is C9H18N4O2. The van der Waals surface area contributed by atoms with Crippen LogP contribution in [0.4, 0.5) is 9.59 Å². The molecule has 2 N–H and O–H groups in total. The Morgan fingerprint density at radius 2 is 1.80 bits per heavy atom. The number of urea groups is 2. The molecule has 4 amide bonds. The minimum absolute atomic E-state index is 0.0143. The zero-order valence-corrected chi connectivity index (χ0v) is 9.41. The van der Waals surface area contributed by atoms with Crippen LogP contribution in [0.1, 0.15) is 33.6 Å². The minimum Gasteiger partial charge on any atom is -0.335 e. The average Bonchev–Trinajstić information content (AvgIpc) is 2.14. The van der Waals surface area contributed by atoms with Crippen molar-refractivity contribution in [2.24, 2.45) is 10.2 Å². The molecule has 0 aromatic heterocycles. The minimum atomic E-state index is -0.601. The molecule has 0 aromatic carbocycles. The van der Waals surface area contributed by atoms with Crippen LogP contribution in [-0.4, -0.2) is 24.6 Å². The van der Waals surface area contributed by atoms with Gasteiger partial charge in [0.15, 0.2) is 0 Å². The van der Waals surface area contributed by atoms with Crippen LogP contribution in [0.5, 0.6) is 0 Å². The number of amides is 4. The molecule has 0 atom stereocenters. The maximum absolute atomic E-state index is 11.0. The smallest absolute Gasteiger partial charge is 0.335 e. The molecule has 0 fully saturated rings. The van der Waals surface area contributed by atoms with E-state index in [0.717, 1.165) is 12.8 Å². The van der Waals surface area contributed by atoms with Gasteiger partial charge < -0.3 is 10.6 Å². The summed E-state index contributed by atoms with van der Waals surface area (Å²) in [5.41, 5.74) is 0. The molecule has 6 heteroatoms. The predicted octanol–water partition coefficient (Wildman–Crippen LogP) is 2.07. The third-order valence-corrected chi connectivity index (χ3v) is 1.45. The van der Waals surface area contributed by atoms with Crippen molar-refractivity contribution >= 4 is 12.1 Å². The van der Waals surface area contributed by atoms with Crippen molar-refractivity contribution in [1.82, 2.24) is 10.6 Å². The van der Waals surface area contributed by atoms with Crippen LogP contribution >= 0.6 is 0 Å². The lowest BCUT2D eigenvalue weighted by molar-refractivity contribution is 0.240. The Balaban J connectivity index is 3.74. The molecule has 0 aliphatic rings. The van der Waals surface area contributed by atoms with Gasteiger partial charge in [-0.2, -0.15) is 0 Å². The molecule has 0 aliphatic heterocycles. The first-order chi connectivity index (χ1) is 7.06. The highest BCUT2D eigenvalue weighted by Gasteiger charge is 2.01. The van der Waals surface area contributed by atoms with E-state index in [-0.39, 0.29) is 6.04 Å². The summed E-state index contributed by atoms with van der Waals surface area (Å²) in [6.45, 7) is 6.17. The summed E-state index contributed by atoms with van der Waals surface area (Å²) >= 11 is 0. The molecule has 0 saturated heterocycles. The monoisotopic (exact) mass is 214 g/mol. The molecule has 0 rings (SSSR count). The molecule has 86 valence electrons. The third-order valence-electron chi connectivity index (χ3n) is 1.45. The van der Waals surface area contributed by atoms with Gasteiger partial charge in [-0.3, -0.25) is 0 Å². The van der Waals surface area contributed by atoms with Crippen LogP contribution in [0.15, 0.2) is 10.2 Å². The third kappa shape index (κ3) is 8.86. The van der Waals surface area contributed by atoms with E-state index in [1.807, 2.05) is 6.92 Å². The van der Waals surface area contributed by atoms with Gasteiger partial charge in [0.05, 0.1) is 0 Å². The number of carbonyl (C=O) groups excluding carboxylic acids is 2. The quantitative estimate of drug-likeness (QED) is 0.554. The van der Waals surface area contributed by atoms with Crippen LogP contribution in [0.25, 0.3) is 0 Å². The molecule has 0 aromatic rings. The van der Waals surface area contributed by atoms with Crippen molar-refractivity contribution in [2.45, 2.75) is 39.7 Å². The van der Waals surface area contributed by atoms with Gasteiger partial charge in [-0.25, -0.2) is 9.59 Å². The number of rotatable bonds is 4. The van der Waals surface area contributed by atoms with E-state index in [0.29, 0.717) is 6.54 Å². The summed E-state index contributed by atoms with van der Waals surface area (Å²) in [6, 6.07) is -1.20. The number of unbranched alkanes of at least 4 members (excludes halogenated alkanes) is 1. The highest BCUT2D eigenvalue weighted by Crippen LogP contribution is 1.86. The van der Waals surface area contributed by atoms with Gasteiger partial charge >= 0.3 is 12.1 Å². The Morgan fingerprint density at radius 3 is 2.33 bits per heavy atom. The van der Waals surface area contributed by atoms with E-state index in [1.54, 1.807) is 13.8 Å². The van der Waals surface area contributed by atoms with E-state index in [1.165, 1.54) is 0 Å². The zero-order chi connectivity index (χ0) is 11.7. The predicted molar refractivity (Wildman–Crippen MR) is 56.8 cm³/mol. The van der Waals surface area contributed by atoms with Crippen molar-refractivity contribution < 1.29 is 9.59 Å². The fourth-order valence-corrected chi connectivity index (χ4v) is 0.774. The number of nitrogens with zero attached hydrogens (tertiary/aromatic N) is 2. The lowest BCUT2D eigenvalue weighted by Gasteiger charge is -2.02. The lowest BCUT2D eigenvalue weighted by Crippen LogP contribution is -2.27. The van der Waals surface area contributed by atoms with E-state index >= 15 is 0 Å². The molecule has 0 aliphatic carbocycles. The van der Waals surface area contributed by atoms with Crippen molar-refractivity contribution in [1.29, 1.82) is 0 Å². The fourth-order valence-electron chi connectivity index (χ4n) is 0.774. The Labute approximate surface area is 89.5 Å². The van der Waals surface area contributed by atoms with Gasteiger partial charge in [0.25, 0.3) is 0 Å². The zero-order valence-electron chi connectivity index (χ0n) is 9.41. The highest BCUT2D eigenvalue weighted by atomic mass is 16.2. The van der Waals surface area contributed by atoms with Crippen LogP contribution in [0, 0.1) is 0 Å². The Kier molecular flexibility index (Phi) is 7.13. The second-order valence-corrected chi connectivity index (χ2v) is 3.39. The fraction of sp³-hybridized carbons (Fsp3) is 0.778. The Morgan fingerprint density at radius 1 is 1.20 bits per heavy atom. The summed E-state index contributed by atoms with van der Waals surface area (Å²) in [5, 5.41) is 11.4. The molecule has 0 unspecified atom stereocenters. The van der Waals surface area contributed by atoms with Crippen LogP contribution in [-0.2, 0) is 0 Å². The van der Waals surface area contributed by atoms with E-state index < -0.39 is 12.1 Å². The van der Waals surface area contributed by atoms with E-state index in [2.05, 4.69) is 20.9 Å². The molecule has 0 radical (unpaired) electrons. The maximum atomic E-state index is 11.0. The van der Waals surface area contributed by atoms with Gasteiger partial charge in [0.1, 0.15) is 0 Å². The Hall–Kier alpha value is -1.46.